The lowest BCUT2D eigenvalue weighted by Gasteiger charge is -2.30. The molecule has 1 N–H and O–H groups in total. The summed E-state index contributed by atoms with van der Waals surface area (Å²) in [6, 6.07) is 7.46. The third-order valence-corrected chi connectivity index (χ3v) is 5.25. The van der Waals surface area contributed by atoms with Crippen molar-refractivity contribution in [3.05, 3.63) is 51.4 Å². The van der Waals surface area contributed by atoms with E-state index in [9.17, 15) is 9.59 Å². The van der Waals surface area contributed by atoms with Gasteiger partial charge in [-0.1, -0.05) is 18.2 Å². The summed E-state index contributed by atoms with van der Waals surface area (Å²) in [5, 5.41) is 3.72. The Morgan fingerprint density at radius 1 is 1.20 bits per heavy atom. The zero-order chi connectivity index (χ0) is 14.0. The van der Waals surface area contributed by atoms with Gasteiger partial charge in [0.2, 0.25) is 0 Å². The molecule has 20 heavy (non-hydrogen) atoms. The van der Waals surface area contributed by atoms with Crippen LogP contribution in [0, 0.1) is 13.8 Å². The maximum absolute atomic E-state index is 12.6. The molecule has 3 heterocycles. The maximum Gasteiger partial charge on any atom is 0.261 e. The predicted molar refractivity (Wildman–Crippen MR) is 77.3 cm³/mol. The van der Waals surface area contributed by atoms with Crippen LogP contribution in [0.5, 0.6) is 0 Å². The molecule has 2 aliphatic rings. The minimum absolute atomic E-state index is 0.0342. The van der Waals surface area contributed by atoms with E-state index in [4.69, 9.17) is 0 Å². The third kappa shape index (κ3) is 1.25. The van der Waals surface area contributed by atoms with Crippen LogP contribution in [0.2, 0.25) is 0 Å². The summed E-state index contributed by atoms with van der Waals surface area (Å²) in [4.78, 5) is 27.7. The molecule has 2 aromatic rings. The Morgan fingerprint density at radius 2 is 1.95 bits per heavy atom. The molecule has 0 fully saturated rings. The highest BCUT2D eigenvalue weighted by Gasteiger charge is 2.44. The first-order valence-electron chi connectivity index (χ1n) is 6.43. The number of nitrogens with one attached hydrogen (secondary N) is 1. The fourth-order valence-electron chi connectivity index (χ4n) is 2.91. The third-order valence-electron chi connectivity index (χ3n) is 4.04. The van der Waals surface area contributed by atoms with E-state index in [1.807, 2.05) is 38.1 Å². The van der Waals surface area contributed by atoms with E-state index in [0.717, 1.165) is 21.0 Å². The van der Waals surface area contributed by atoms with Crippen LogP contribution in [0.4, 0.5) is 5.00 Å². The topological polar surface area (TPSA) is 49.4 Å². The summed E-state index contributed by atoms with van der Waals surface area (Å²) in [5.74, 6) is -0.124. The lowest BCUT2D eigenvalue weighted by atomic mass is 10.1. The molecule has 4 nitrogen and oxygen atoms in total. The van der Waals surface area contributed by atoms with Gasteiger partial charge >= 0.3 is 0 Å². The lowest BCUT2D eigenvalue weighted by molar-refractivity contribution is 0.0913. The van der Waals surface area contributed by atoms with Gasteiger partial charge in [-0.2, -0.15) is 0 Å². The molecule has 1 aromatic heterocycles. The van der Waals surface area contributed by atoms with E-state index in [1.165, 1.54) is 11.3 Å². The highest BCUT2D eigenvalue weighted by atomic mass is 32.1. The number of thiophene rings is 1. The molecule has 2 amide bonds. The Kier molecular flexibility index (Phi) is 2.16. The molecular formula is C15H12N2O2S. The number of benzene rings is 1. The van der Waals surface area contributed by atoms with Gasteiger partial charge in [-0.25, -0.2) is 0 Å². The predicted octanol–water partition coefficient (Wildman–Crippen LogP) is 2.77. The minimum Gasteiger partial charge on any atom is -0.327 e. The quantitative estimate of drug-likeness (QED) is 0.808. The Labute approximate surface area is 120 Å². The first-order chi connectivity index (χ1) is 9.59. The number of hydrogen-bond acceptors (Lipinski definition) is 3. The lowest BCUT2D eigenvalue weighted by Crippen LogP contribution is -2.44. The fourth-order valence-corrected chi connectivity index (χ4v) is 4.09. The number of carbonyl (C=O) groups is 2. The van der Waals surface area contributed by atoms with Crippen molar-refractivity contribution in [3.8, 4) is 0 Å². The highest BCUT2D eigenvalue weighted by Crippen LogP contribution is 2.46. The number of nitrogens with zero attached hydrogens (tertiary/aromatic N) is 1. The number of hydrogen-bond donors (Lipinski definition) is 1. The maximum atomic E-state index is 12.6. The average Bonchev–Trinajstić information content (AvgIpc) is 2.88. The number of aryl methyl sites for hydroxylation is 1. The SMILES string of the molecule is Cc1sc2c(c1C)C(=O)N[C@@H]1c3ccccc3C(=O)N21. The Morgan fingerprint density at radius 3 is 2.75 bits per heavy atom. The normalized spacial score (nSPS) is 19.5. The highest BCUT2D eigenvalue weighted by molar-refractivity contribution is 7.17. The number of anilines is 1. The Balaban J connectivity index is 1.98. The van der Waals surface area contributed by atoms with E-state index >= 15 is 0 Å². The average molecular weight is 284 g/mol. The largest absolute Gasteiger partial charge is 0.327 e. The molecule has 0 saturated carbocycles. The molecule has 0 spiro atoms. The Bertz CT molecular complexity index is 778. The summed E-state index contributed by atoms with van der Waals surface area (Å²) in [6.07, 6.45) is -0.365. The number of amides is 2. The molecule has 1 atom stereocenters. The van der Waals surface area contributed by atoms with Crippen molar-refractivity contribution >= 4 is 28.2 Å². The van der Waals surface area contributed by atoms with Gasteiger partial charge in [0.05, 0.1) is 5.56 Å². The van der Waals surface area contributed by atoms with Crippen molar-refractivity contribution in [1.82, 2.24) is 5.32 Å². The van der Waals surface area contributed by atoms with E-state index in [-0.39, 0.29) is 18.0 Å². The van der Waals surface area contributed by atoms with Gasteiger partial charge in [-0.05, 0) is 25.5 Å². The minimum atomic E-state index is -0.365. The standard InChI is InChI=1S/C15H12N2O2S/c1-7-8(2)20-15-11(7)13(18)16-12-9-5-3-4-6-10(9)14(19)17(12)15/h3-6,12H,1-2H3,(H,16,18)/t12-/m0/s1. The molecule has 5 heteroatoms. The van der Waals surface area contributed by atoms with Crippen molar-refractivity contribution in [2.24, 2.45) is 0 Å². The second-order valence-electron chi connectivity index (χ2n) is 5.10. The van der Waals surface area contributed by atoms with E-state index in [2.05, 4.69) is 5.32 Å². The van der Waals surface area contributed by atoms with Gasteiger partial charge in [0.15, 0.2) is 0 Å². The molecule has 0 saturated heterocycles. The smallest absolute Gasteiger partial charge is 0.261 e. The second kappa shape index (κ2) is 3.70. The zero-order valence-corrected chi connectivity index (χ0v) is 11.9. The summed E-state index contributed by atoms with van der Waals surface area (Å²) in [6.45, 7) is 3.91. The molecule has 0 unspecified atom stereocenters. The monoisotopic (exact) mass is 284 g/mol. The van der Waals surface area contributed by atoms with E-state index < -0.39 is 0 Å². The van der Waals surface area contributed by atoms with Gasteiger partial charge in [0.1, 0.15) is 11.2 Å². The van der Waals surface area contributed by atoms with Gasteiger partial charge in [0, 0.05) is 16.0 Å². The van der Waals surface area contributed by atoms with Crippen molar-refractivity contribution in [1.29, 1.82) is 0 Å². The van der Waals surface area contributed by atoms with Crippen LogP contribution >= 0.6 is 11.3 Å². The summed E-state index contributed by atoms with van der Waals surface area (Å²) >= 11 is 1.52. The summed E-state index contributed by atoms with van der Waals surface area (Å²) in [5.41, 5.74) is 3.16. The first-order valence-corrected chi connectivity index (χ1v) is 7.24. The molecular weight excluding hydrogens is 272 g/mol. The van der Waals surface area contributed by atoms with Crippen LogP contribution in [0.3, 0.4) is 0 Å². The van der Waals surface area contributed by atoms with Crippen LogP contribution in [0.1, 0.15) is 42.9 Å². The summed E-state index contributed by atoms with van der Waals surface area (Å²) < 4.78 is 0. The van der Waals surface area contributed by atoms with E-state index in [1.54, 1.807) is 4.90 Å². The molecule has 0 radical (unpaired) electrons. The van der Waals surface area contributed by atoms with Crippen LogP contribution in [-0.4, -0.2) is 11.8 Å². The summed E-state index contributed by atoms with van der Waals surface area (Å²) in [7, 11) is 0. The van der Waals surface area contributed by atoms with Crippen molar-refractivity contribution < 1.29 is 9.59 Å². The zero-order valence-electron chi connectivity index (χ0n) is 11.1. The van der Waals surface area contributed by atoms with Crippen LogP contribution in [0.25, 0.3) is 0 Å². The van der Waals surface area contributed by atoms with Gasteiger partial charge in [-0.15, -0.1) is 11.3 Å². The molecule has 0 aliphatic carbocycles. The molecule has 2 aliphatic heterocycles. The molecule has 4 rings (SSSR count). The Hall–Kier alpha value is -2.14. The van der Waals surface area contributed by atoms with Gasteiger partial charge in [-0.3, -0.25) is 14.5 Å². The van der Waals surface area contributed by atoms with E-state index in [0.29, 0.717) is 11.1 Å². The van der Waals surface area contributed by atoms with Crippen LogP contribution < -0.4 is 10.2 Å². The van der Waals surface area contributed by atoms with Crippen molar-refractivity contribution in [2.75, 3.05) is 4.90 Å². The number of fused-ring (bicyclic) bond motifs is 5. The number of rotatable bonds is 0. The molecule has 0 bridgehead atoms. The molecule has 100 valence electrons. The van der Waals surface area contributed by atoms with Gasteiger partial charge in [0.25, 0.3) is 11.8 Å². The van der Waals surface area contributed by atoms with Crippen molar-refractivity contribution in [2.45, 2.75) is 20.0 Å². The fraction of sp³-hybridized carbons (Fsp3) is 0.200. The van der Waals surface area contributed by atoms with Gasteiger partial charge < -0.3 is 5.32 Å². The van der Waals surface area contributed by atoms with Crippen LogP contribution in [0.15, 0.2) is 24.3 Å². The van der Waals surface area contributed by atoms with Crippen molar-refractivity contribution in [3.63, 3.8) is 0 Å². The van der Waals surface area contributed by atoms with Crippen LogP contribution in [-0.2, 0) is 0 Å². The number of carbonyl (C=O) groups excluding carboxylic acids is 2. The molecule has 1 aromatic carbocycles. The second-order valence-corrected chi connectivity index (χ2v) is 6.30. The first kappa shape index (κ1) is 11.7.